The maximum absolute atomic E-state index is 13.3. The van der Waals surface area contributed by atoms with E-state index < -0.39 is 0 Å². The number of nitrogens with zero attached hydrogens (tertiary/aromatic N) is 3. The number of hydrogen-bond acceptors (Lipinski definition) is 3. The van der Waals surface area contributed by atoms with E-state index in [0.29, 0.717) is 0 Å². The fourth-order valence-electron chi connectivity index (χ4n) is 3.62. The summed E-state index contributed by atoms with van der Waals surface area (Å²) in [6, 6.07) is 17.1. The zero-order valence-corrected chi connectivity index (χ0v) is 15.0. The number of fused-ring (bicyclic) bond motifs is 1. The first-order valence-electron chi connectivity index (χ1n) is 9.01. The Bertz CT molecular complexity index is 871. The van der Waals surface area contributed by atoms with E-state index in [1.165, 1.54) is 29.0 Å². The van der Waals surface area contributed by atoms with Crippen molar-refractivity contribution < 1.29 is 4.39 Å². The average Bonchev–Trinajstić information content (AvgIpc) is 3.02. The zero-order chi connectivity index (χ0) is 17.9. The topological polar surface area (TPSA) is 33.1 Å². The van der Waals surface area contributed by atoms with Crippen LogP contribution in [0.3, 0.4) is 0 Å². The maximum atomic E-state index is 13.3. The van der Waals surface area contributed by atoms with E-state index in [1.54, 1.807) is 12.1 Å². The van der Waals surface area contributed by atoms with Crippen molar-refractivity contribution in [3.05, 3.63) is 82.9 Å². The van der Waals surface area contributed by atoms with Crippen LogP contribution in [0.2, 0.25) is 0 Å². The maximum Gasteiger partial charge on any atom is 0.123 e. The first-order valence-corrected chi connectivity index (χ1v) is 9.01. The smallest absolute Gasteiger partial charge is 0.123 e. The summed E-state index contributed by atoms with van der Waals surface area (Å²) < 4.78 is 15.3. The number of halogens is 1. The van der Waals surface area contributed by atoms with Gasteiger partial charge in [-0.25, -0.2) is 9.07 Å². The summed E-state index contributed by atoms with van der Waals surface area (Å²) in [4.78, 5) is 2.47. The Morgan fingerprint density at radius 1 is 1.08 bits per heavy atom. The molecule has 4 nitrogen and oxygen atoms in total. The summed E-state index contributed by atoms with van der Waals surface area (Å²) in [5, 5.41) is 8.05. The fraction of sp³-hybridized carbons (Fsp3) is 0.286. The molecule has 0 amide bonds. The SMILES string of the molecule is CNCc1nn(-c2ccc(F)cc2)c2c1CN(Cc1ccccc1)CC2. The molecule has 4 rings (SSSR count). The molecule has 5 heteroatoms. The van der Waals surface area contributed by atoms with Gasteiger partial charge in [-0.2, -0.15) is 5.10 Å². The highest BCUT2D eigenvalue weighted by Gasteiger charge is 2.25. The van der Waals surface area contributed by atoms with Crippen LogP contribution in [0.15, 0.2) is 54.6 Å². The molecule has 0 aliphatic carbocycles. The van der Waals surface area contributed by atoms with Gasteiger partial charge in [-0.15, -0.1) is 0 Å². The van der Waals surface area contributed by atoms with Gasteiger partial charge in [0.25, 0.3) is 0 Å². The third-order valence-electron chi connectivity index (χ3n) is 4.88. The highest BCUT2D eigenvalue weighted by atomic mass is 19.1. The molecular weight excluding hydrogens is 327 g/mol. The van der Waals surface area contributed by atoms with Crippen molar-refractivity contribution in [2.75, 3.05) is 13.6 Å². The summed E-state index contributed by atoms with van der Waals surface area (Å²) in [5.41, 5.74) is 5.86. The third-order valence-corrected chi connectivity index (χ3v) is 4.88. The lowest BCUT2D eigenvalue weighted by Gasteiger charge is -2.28. The summed E-state index contributed by atoms with van der Waals surface area (Å²) in [6.45, 7) is 3.56. The van der Waals surface area contributed by atoms with Gasteiger partial charge in [0.05, 0.1) is 17.1 Å². The van der Waals surface area contributed by atoms with Gasteiger partial charge >= 0.3 is 0 Å². The number of nitrogens with one attached hydrogen (secondary N) is 1. The quantitative estimate of drug-likeness (QED) is 0.767. The van der Waals surface area contributed by atoms with Crippen molar-refractivity contribution in [2.45, 2.75) is 26.1 Å². The van der Waals surface area contributed by atoms with Crippen LogP contribution in [0.1, 0.15) is 22.5 Å². The number of rotatable bonds is 5. The third kappa shape index (κ3) is 3.41. The summed E-state index contributed by atoms with van der Waals surface area (Å²) >= 11 is 0. The molecular formula is C21H23FN4. The minimum absolute atomic E-state index is 0.223. The molecule has 0 bridgehead atoms. The molecule has 0 atom stereocenters. The Kier molecular flexibility index (Phi) is 4.82. The summed E-state index contributed by atoms with van der Waals surface area (Å²) in [6.07, 6.45) is 0.941. The first-order chi connectivity index (χ1) is 12.7. The molecule has 0 unspecified atom stereocenters. The molecule has 0 fully saturated rings. The summed E-state index contributed by atoms with van der Waals surface area (Å²) in [5.74, 6) is -0.223. The van der Waals surface area contributed by atoms with Gasteiger partial charge in [0.1, 0.15) is 5.82 Å². The second-order valence-electron chi connectivity index (χ2n) is 6.74. The molecule has 1 aliphatic rings. The molecule has 134 valence electrons. The van der Waals surface area contributed by atoms with E-state index in [2.05, 4.69) is 40.5 Å². The van der Waals surface area contributed by atoms with Crippen LogP contribution < -0.4 is 5.32 Å². The number of benzene rings is 2. The van der Waals surface area contributed by atoms with Crippen molar-refractivity contribution in [1.82, 2.24) is 20.0 Å². The van der Waals surface area contributed by atoms with Gasteiger partial charge in [0, 0.05) is 38.2 Å². The monoisotopic (exact) mass is 350 g/mol. The largest absolute Gasteiger partial charge is 0.314 e. The summed E-state index contributed by atoms with van der Waals surface area (Å²) in [7, 11) is 1.94. The second kappa shape index (κ2) is 7.40. The van der Waals surface area contributed by atoms with Gasteiger partial charge in [-0.05, 0) is 36.9 Å². The van der Waals surface area contributed by atoms with E-state index in [4.69, 9.17) is 5.10 Å². The van der Waals surface area contributed by atoms with Crippen LogP contribution in [0.25, 0.3) is 5.69 Å². The van der Waals surface area contributed by atoms with Crippen molar-refractivity contribution in [3.63, 3.8) is 0 Å². The minimum Gasteiger partial charge on any atom is -0.314 e. The fourth-order valence-corrected chi connectivity index (χ4v) is 3.62. The minimum atomic E-state index is -0.223. The molecule has 1 N–H and O–H groups in total. The molecule has 3 aromatic rings. The van der Waals surface area contributed by atoms with Crippen LogP contribution in [-0.2, 0) is 26.1 Å². The lowest BCUT2D eigenvalue weighted by atomic mass is 10.0. The van der Waals surface area contributed by atoms with Crippen LogP contribution in [-0.4, -0.2) is 28.3 Å². The Hall–Kier alpha value is -2.50. The van der Waals surface area contributed by atoms with Gasteiger partial charge in [0.2, 0.25) is 0 Å². The van der Waals surface area contributed by atoms with E-state index in [9.17, 15) is 4.39 Å². The standard InChI is InChI=1S/C21H23FN4/c1-23-13-20-19-15-25(14-16-5-3-2-4-6-16)12-11-21(19)26(24-20)18-9-7-17(22)8-10-18/h2-10,23H,11-15H2,1H3. The van der Waals surface area contributed by atoms with Crippen molar-refractivity contribution in [1.29, 1.82) is 0 Å². The van der Waals surface area contributed by atoms with Gasteiger partial charge < -0.3 is 5.32 Å². The van der Waals surface area contributed by atoms with Gasteiger partial charge in [-0.1, -0.05) is 30.3 Å². The predicted molar refractivity (Wildman–Crippen MR) is 101 cm³/mol. The Balaban J connectivity index is 1.63. The lowest BCUT2D eigenvalue weighted by molar-refractivity contribution is 0.243. The van der Waals surface area contributed by atoms with Gasteiger partial charge in [-0.3, -0.25) is 4.90 Å². The van der Waals surface area contributed by atoms with E-state index in [1.807, 2.05) is 11.7 Å². The molecule has 2 heterocycles. The molecule has 0 spiro atoms. The molecule has 1 aromatic heterocycles. The molecule has 26 heavy (non-hydrogen) atoms. The van der Waals surface area contributed by atoms with Crippen LogP contribution >= 0.6 is 0 Å². The highest BCUT2D eigenvalue weighted by molar-refractivity contribution is 5.39. The van der Waals surface area contributed by atoms with Gasteiger partial charge in [0.15, 0.2) is 0 Å². The predicted octanol–water partition coefficient (Wildman–Crippen LogP) is 3.29. The van der Waals surface area contributed by atoms with Crippen LogP contribution in [0, 0.1) is 5.82 Å². The molecule has 0 saturated carbocycles. The molecule has 0 radical (unpaired) electrons. The second-order valence-corrected chi connectivity index (χ2v) is 6.74. The zero-order valence-electron chi connectivity index (χ0n) is 15.0. The van der Waals surface area contributed by atoms with E-state index in [0.717, 1.165) is 44.0 Å². The molecule has 0 saturated heterocycles. The number of hydrogen-bond donors (Lipinski definition) is 1. The van der Waals surface area contributed by atoms with Crippen molar-refractivity contribution in [3.8, 4) is 5.69 Å². The van der Waals surface area contributed by atoms with E-state index in [-0.39, 0.29) is 5.82 Å². The Morgan fingerprint density at radius 2 is 1.85 bits per heavy atom. The lowest BCUT2D eigenvalue weighted by Crippen LogP contribution is -2.31. The number of aromatic nitrogens is 2. The van der Waals surface area contributed by atoms with Crippen LogP contribution in [0.4, 0.5) is 4.39 Å². The average molecular weight is 350 g/mol. The molecule has 1 aliphatic heterocycles. The van der Waals surface area contributed by atoms with Crippen molar-refractivity contribution in [2.24, 2.45) is 0 Å². The van der Waals surface area contributed by atoms with Crippen LogP contribution in [0.5, 0.6) is 0 Å². The van der Waals surface area contributed by atoms with E-state index >= 15 is 0 Å². The molecule has 2 aromatic carbocycles. The Morgan fingerprint density at radius 3 is 2.58 bits per heavy atom. The normalized spacial score (nSPS) is 14.4. The highest BCUT2D eigenvalue weighted by Crippen LogP contribution is 2.26. The first kappa shape index (κ1) is 16.9. The Labute approximate surface area is 153 Å². The van der Waals surface area contributed by atoms with Crippen molar-refractivity contribution >= 4 is 0 Å².